The van der Waals surface area contributed by atoms with Crippen molar-refractivity contribution in [2.45, 2.75) is 19.9 Å². The van der Waals surface area contributed by atoms with Crippen LogP contribution >= 0.6 is 12.2 Å². The molecule has 0 unspecified atom stereocenters. The molecule has 0 aliphatic heterocycles. The van der Waals surface area contributed by atoms with Crippen LogP contribution in [0.3, 0.4) is 0 Å². The maximum Gasteiger partial charge on any atom is 0.145 e. The number of aromatic nitrogens is 2. The molecule has 0 aliphatic carbocycles. The molecular weight excluding hydrogens is 184 g/mol. The Morgan fingerprint density at radius 1 is 1.54 bits per heavy atom. The van der Waals surface area contributed by atoms with E-state index in [1.54, 1.807) is 12.4 Å². The van der Waals surface area contributed by atoms with Gasteiger partial charge >= 0.3 is 0 Å². The molecule has 70 valence electrons. The molecule has 1 aromatic rings. The number of nitrogens with one attached hydrogen (secondary N) is 1. The highest BCUT2D eigenvalue weighted by molar-refractivity contribution is 7.80. The molecule has 0 aliphatic rings. The van der Waals surface area contributed by atoms with Crippen LogP contribution in [0.4, 0.5) is 5.82 Å². The maximum absolute atomic E-state index is 5.41. The summed E-state index contributed by atoms with van der Waals surface area (Å²) in [6.45, 7) is 4.05. The number of hydrogen-bond acceptors (Lipinski definition) is 4. The maximum atomic E-state index is 5.41. The molecule has 0 spiro atoms. The molecule has 0 saturated heterocycles. The number of hydrogen-bond donors (Lipinski definition) is 2. The first kappa shape index (κ1) is 9.85. The van der Waals surface area contributed by atoms with Crippen molar-refractivity contribution in [1.82, 2.24) is 9.97 Å². The van der Waals surface area contributed by atoms with E-state index in [0.29, 0.717) is 17.6 Å². The van der Waals surface area contributed by atoms with E-state index in [4.69, 9.17) is 18.0 Å². The van der Waals surface area contributed by atoms with Crippen molar-refractivity contribution in [2.75, 3.05) is 5.32 Å². The summed E-state index contributed by atoms with van der Waals surface area (Å²) in [5, 5.41) is 3.11. The minimum Gasteiger partial charge on any atom is -0.388 e. The van der Waals surface area contributed by atoms with Crippen molar-refractivity contribution in [3.8, 4) is 0 Å². The van der Waals surface area contributed by atoms with E-state index in [1.807, 2.05) is 13.8 Å². The van der Waals surface area contributed by atoms with E-state index in [0.717, 1.165) is 0 Å². The fourth-order valence-corrected chi connectivity index (χ4v) is 0.948. The van der Waals surface area contributed by atoms with Crippen LogP contribution in [0.15, 0.2) is 12.4 Å². The number of thiocarbonyl (C=S) groups is 1. The second-order valence-corrected chi connectivity index (χ2v) is 3.39. The van der Waals surface area contributed by atoms with Crippen LogP contribution in [-0.4, -0.2) is 21.0 Å². The van der Waals surface area contributed by atoms with Gasteiger partial charge in [-0.1, -0.05) is 12.2 Å². The Bertz CT molecular complexity index is 311. The molecule has 0 saturated carbocycles. The molecule has 5 heteroatoms. The van der Waals surface area contributed by atoms with Gasteiger partial charge in [-0.25, -0.2) is 4.98 Å². The Labute approximate surface area is 82.6 Å². The summed E-state index contributed by atoms with van der Waals surface area (Å²) in [4.78, 5) is 8.40. The van der Waals surface area contributed by atoms with Crippen molar-refractivity contribution in [3.63, 3.8) is 0 Å². The van der Waals surface area contributed by atoms with E-state index < -0.39 is 0 Å². The lowest BCUT2D eigenvalue weighted by atomic mass is 10.4. The molecule has 1 heterocycles. The van der Waals surface area contributed by atoms with Gasteiger partial charge in [0, 0.05) is 6.04 Å². The first-order valence-electron chi connectivity index (χ1n) is 3.98. The van der Waals surface area contributed by atoms with Crippen LogP contribution < -0.4 is 11.1 Å². The Kier molecular flexibility index (Phi) is 3.13. The largest absolute Gasteiger partial charge is 0.388 e. The standard InChI is InChI=1S/C8H12N4S/c1-5(2)11-7-4-10-3-6(12-7)8(9)13/h3-5H,1-2H3,(H2,9,13)(H,11,12). The van der Waals surface area contributed by atoms with Gasteiger partial charge in [-0.3, -0.25) is 4.98 Å². The van der Waals surface area contributed by atoms with E-state index >= 15 is 0 Å². The van der Waals surface area contributed by atoms with Gasteiger partial charge in [0.2, 0.25) is 0 Å². The fourth-order valence-electron chi connectivity index (χ4n) is 0.850. The lowest BCUT2D eigenvalue weighted by Crippen LogP contribution is -2.16. The molecule has 13 heavy (non-hydrogen) atoms. The third-order valence-electron chi connectivity index (χ3n) is 1.32. The Hall–Kier alpha value is -1.23. The number of rotatable bonds is 3. The van der Waals surface area contributed by atoms with E-state index in [2.05, 4.69) is 15.3 Å². The molecular formula is C8H12N4S. The highest BCUT2D eigenvalue weighted by Gasteiger charge is 2.01. The van der Waals surface area contributed by atoms with Crippen LogP contribution in [0, 0.1) is 0 Å². The summed E-state index contributed by atoms with van der Waals surface area (Å²) in [7, 11) is 0. The van der Waals surface area contributed by atoms with Crippen molar-refractivity contribution in [3.05, 3.63) is 18.1 Å². The summed E-state index contributed by atoms with van der Waals surface area (Å²) < 4.78 is 0. The Morgan fingerprint density at radius 3 is 2.77 bits per heavy atom. The first-order valence-corrected chi connectivity index (χ1v) is 4.39. The smallest absolute Gasteiger partial charge is 0.145 e. The average molecular weight is 196 g/mol. The first-order chi connectivity index (χ1) is 6.09. The minimum absolute atomic E-state index is 0.264. The third-order valence-corrected chi connectivity index (χ3v) is 1.53. The third kappa shape index (κ3) is 2.95. The topological polar surface area (TPSA) is 63.8 Å². The van der Waals surface area contributed by atoms with Crippen LogP contribution in [0.1, 0.15) is 19.5 Å². The number of nitrogens with zero attached hydrogens (tertiary/aromatic N) is 2. The predicted octanol–water partition coefficient (Wildman–Crippen LogP) is 0.931. The summed E-state index contributed by atoms with van der Waals surface area (Å²) in [5.41, 5.74) is 5.96. The molecule has 4 nitrogen and oxygen atoms in total. The van der Waals surface area contributed by atoms with Crippen molar-refractivity contribution >= 4 is 23.0 Å². The summed E-state index contributed by atoms with van der Waals surface area (Å²) >= 11 is 4.78. The van der Waals surface area contributed by atoms with Gasteiger partial charge in [0.15, 0.2) is 0 Å². The lowest BCUT2D eigenvalue weighted by Gasteiger charge is -2.08. The van der Waals surface area contributed by atoms with Gasteiger partial charge in [0.25, 0.3) is 0 Å². The lowest BCUT2D eigenvalue weighted by molar-refractivity contribution is 0.885. The van der Waals surface area contributed by atoms with E-state index in [-0.39, 0.29) is 4.99 Å². The SMILES string of the molecule is CC(C)Nc1cncc(C(N)=S)n1. The van der Waals surface area contributed by atoms with Gasteiger partial charge in [-0.2, -0.15) is 0 Å². The second-order valence-electron chi connectivity index (χ2n) is 2.95. The van der Waals surface area contributed by atoms with Gasteiger partial charge in [-0.05, 0) is 13.8 Å². The summed E-state index contributed by atoms with van der Waals surface area (Å²) in [5.74, 6) is 0.695. The molecule has 0 radical (unpaired) electrons. The zero-order chi connectivity index (χ0) is 9.84. The molecule has 0 fully saturated rings. The molecule has 0 bridgehead atoms. The molecule has 1 aromatic heterocycles. The number of anilines is 1. The van der Waals surface area contributed by atoms with Crippen molar-refractivity contribution in [2.24, 2.45) is 5.73 Å². The molecule has 0 amide bonds. The Morgan fingerprint density at radius 2 is 2.23 bits per heavy atom. The zero-order valence-corrected chi connectivity index (χ0v) is 8.43. The summed E-state index contributed by atoms with van der Waals surface area (Å²) in [6.07, 6.45) is 3.19. The van der Waals surface area contributed by atoms with Gasteiger partial charge < -0.3 is 11.1 Å². The minimum atomic E-state index is 0.264. The average Bonchev–Trinajstić information content (AvgIpc) is 2.03. The molecule has 0 aromatic carbocycles. The molecule has 1 rings (SSSR count). The highest BCUT2D eigenvalue weighted by atomic mass is 32.1. The quantitative estimate of drug-likeness (QED) is 0.704. The Balaban J connectivity index is 2.85. The van der Waals surface area contributed by atoms with Crippen molar-refractivity contribution in [1.29, 1.82) is 0 Å². The van der Waals surface area contributed by atoms with Crippen LogP contribution in [-0.2, 0) is 0 Å². The summed E-state index contributed by atoms with van der Waals surface area (Å²) in [6, 6.07) is 0.316. The van der Waals surface area contributed by atoms with E-state index in [9.17, 15) is 0 Å². The van der Waals surface area contributed by atoms with Gasteiger partial charge in [0.05, 0.1) is 12.4 Å². The predicted molar refractivity (Wildman–Crippen MR) is 56.7 cm³/mol. The second kappa shape index (κ2) is 4.13. The zero-order valence-electron chi connectivity index (χ0n) is 7.61. The monoisotopic (exact) mass is 196 g/mol. The van der Waals surface area contributed by atoms with Crippen LogP contribution in [0.25, 0.3) is 0 Å². The molecule has 3 N–H and O–H groups in total. The van der Waals surface area contributed by atoms with Crippen molar-refractivity contribution < 1.29 is 0 Å². The fraction of sp³-hybridized carbons (Fsp3) is 0.375. The number of nitrogens with two attached hydrogens (primary N) is 1. The van der Waals surface area contributed by atoms with Crippen LogP contribution in [0.2, 0.25) is 0 Å². The van der Waals surface area contributed by atoms with Gasteiger partial charge in [-0.15, -0.1) is 0 Å². The molecule has 0 atom stereocenters. The van der Waals surface area contributed by atoms with E-state index in [1.165, 1.54) is 0 Å². The normalized spacial score (nSPS) is 10.1. The van der Waals surface area contributed by atoms with Crippen LogP contribution in [0.5, 0.6) is 0 Å². The van der Waals surface area contributed by atoms with Gasteiger partial charge in [0.1, 0.15) is 16.5 Å². The highest BCUT2D eigenvalue weighted by Crippen LogP contribution is 2.03.